The van der Waals surface area contributed by atoms with Gasteiger partial charge in [-0.15, -0.1) is 0 Å². The number of hydrogen-bond donors (Lipinski definition) is 0. The molecule has 0 aliphatic rings. The Balaban J connectivity index is 1.60. The van der Waals surface area contributed by atoms with Crippen molar-refractivity contribution in [3.05, 3.63) is 64.0 Å². The third kappa shape index (κ3) is 4.82. The number of carbonyl (C=O) groups is 1. The zero-order valence-electron chi connectivity index (χ0n) is 15.5. The SMILES string of the molecule is COc1cccc(-c2noc(CN(C)C(=O)CCc3c(Cl)cccc3Cl)n2)c1. The molecule has 8 heteroatoms. The van der Waals surface area contributed by atoms with E-state index in [9.17, 15) is 4.79 Å². The van der Waals surface area contributed by atoms with Gasteiger partial charge in [0.1, 0.15) is 5.75 Å². The van der Waals surface area contributed by atoms with E-state index in [4.69, 9.17) is 32.5 Å². The minimum absolute atomic E-state index is 0.0721. The van der Waals surface area contributed by atoms with Crippen molar-refractivity contribution < 1.29 is 14.1 Å². The highest BCUT2D eigenvalue weighted by Crippen LogP contribution is 2.26. The molecule has 0 aliphatic heterocycles. The van der Waals surface area contributed by atoms with E-state index in [1.165, 1.54) is 4.90 Å². The predicted octanol–water partition coefficient (Wildman–Crippen LogP) is 4.64. The number of aromatic nitrogens is 2. The molecule has 0 aliphatic carbocycles. The Morgan fingerprint density at radius 1 is 1.18 bits per heavy atom. The molecule has 0 saturated carbocycles. The number of halogens is 2. The van der Waals surface area contributed by atoms with Gasteiger partial charge in [0, 0.05) is 29.1 Å². The van der Waals surface area contributed by atoms with Crippen molar-refractivity contribution in [2.75, 3.05) is 14.2 Å². The minimum atomic E-state index is -0.0721. The highest BCUT2D eigenvalue weighted by atomic mass is 35.5. The van der Waals surface area contributed by atoms with E-state index in [2.05, 4.69) is 10.1 Å². The van der Waals surface area contributed by atoms with Crippen LogP contribution in [0.3, 0.4) is 0 Å². The Hall–Kier alpha value is -2.57. The molecule has 1 aromatic heterocycles. The molecule has 2 aromatic carbocycles. The number of amides is 1. The predicted molar refractivity (Wildman–Crippen MR) is 108 cm³/mol. The standard InChI is InChI=1S/C20H19Cl2N3O3/c1-25(19(26)10-9-15-16(21)7-4-8-17(15)22)12-18-23-20(24-28-18)13-5-3-6-14(11-13)27-2/h3-8,11H,9-10,12H2,1-2H3. The zero-order chi connectivity index (χ0) is 20.1. The van der Waals surface area contributed by atoms with Crippen molar-refractivity contribution in [1.29, 1.82) is 0 Å². The summed E-state index contributed by atoms with van der Waals surface area (Å²) in [7, 11) is 3.28. The number of methoxy groups -OCH3 is 1. The highest BCUT2D eigenvalue weighted by molar-refractivity contribution is 6.36. The Morgan fingerprint density at radius 2 is 1.89 bits per heavy atom. The maximum atomic E-state index is 12.4. The van der Waals surface area contributed by atoms with Gasteiger partial charge in [0.2, 0.25) is 17.6 Å². The molecule has 146 valence electrons. The molecule has 0 saturated heterocycles. The Kier molecular flexibility index (Phi) is 6.54. The van der Waals surface area contributed by atoms with Crippen molar-refractivity contribution in [1.82, 2.24) is 15.0 Å². The lowest BCUT2D eigenvalue weighted by molar-refractivity contribution is -0.130. The van der Waals surface area contributed by atoms with Gasteiger partial charge in [-0.2, -0.15) is 4.98 Å². The quantitative estimate of drug-likeness (QED) is 0.557. The average molecular weight is 420 g/mol. The second-order valence-corrected chi connectivity index (χ2v) is 7.01. The maximum absolute atomic E-state index is 12.4. The molecule has 1 heterocycles. The molecule has 1 amide bonds. The molecule has 0 N–H and O–H groups in total. The fourth-order valence-electron chi connectivity index (χ4n) is 2.68. The van der Waals surface area contributed by atoms with E-state index in [-0.39, 0.29) is 18.9 Å². The summed E-state index contributed by atoms with van der Waals surface area (Å²) in [5.74, 6) is 1.42. The van der Waals surface area contributed by atoms with Crippen LogP contribution in [0.15, 0.2) is 47.0 Å². The summed E-state index contributed by atoms with van der Waals surface area (Å²) >= 11 is 12.3. The number of benzene rings is 2. The Morgan fingerprint density at radius 3 is 2.61 bits per heavy atom. The fourth-order valence-corrected chi connectivity index (χ4v) is 3.27. The average Bonchev–Trinajstić information content (AvgIpc) is 3.16. The van der Waals surface area contributed by atoms with Gasteiger partial charge in [0.05, 0.1) is 13.7 Å². The summed E-state index contributed by atoms with van der Waals surface area (Å²) in [4.78, 5) is 18.3. The van der Waals surface area contributed by atoms with Crippen molar-refractivity contribution in [2.45, 2.75) is 19.4 Å². The highest BCUT2D eigenvalue weighted by Gasteiger charge is 2.16. The van der Waals surface area contributed by atoms with Gasteiger partial charge in [0.15, 0.2) is 0 Å². The van der Waals surface area contributed by atoms with Crippen LogP contribution >= 0.6 is 23.2 Å². The van der Waals surface area contributed by atoms with Gasteiger partial charge < -0.3 is 14.2 Å². The van der Waals surface area contributed by atoms with Crippen LogP contribution in [0.5, 0.6) is 5.75 Å². The van der Waals surface area contributed by atoms with E-state index in [1.54, 1.807) is 32.4 Å². The molecule has 0 spiro atoms. The molecular weight excluding hydrogens is 401 g/mol. The normalized spacial score (nSPS) is 10.7. The van der Waals surface area contributed by atoms with Gasteiger partial charge in [-0.1, -0.05) is 46.6 Å². The lowest BCUT2D eigenvalue weighted by Crippen LogP contribution is -2.26. The molecule has 3 rings (SSSR count). The van der Waals surface area contributed by atoms with Crippen LogP contribution < -0.4 is 4.74 Å². The van der Waals surface area contributed by atoms with Crippen LogP contribution in [0, 0.1) is 0 Å². The van der Waals surface area contributed by atoms with E-state index < -0.39 is 0 Å². The third-order valence-corrected chi connectivity index (χ3v) is 4.95. The number of hydrogen-bond acceptors (Lipinski definition) is 5. The largest absolute Gasteiger partial charge is 0.497 e. The van der Waals surface area contributed by atoms with Gasteiger partial charge in [0.25, 0.3) is 0 Å². The summed E-state index contributed by atoms with van der Waals surface area (Å²) in [6.45, 7) is 0.214. The lowest BCUT2D eigenvalue weighted by atomic mass is 10.1. The smallest absolute Gasteiger partial charge is 0.246 e. The number of carbonyl (C=O) groups excluding carboxylic acids is 1. The van der Waals surface area contributed by atoms with Crippen LogP contribution in [0.25, 0.3) is 11.4 Å². The summed E-state index contributed by atoms with van der Waals surface area (Å²) in [6, 6.07) is 12.7. The molecule has 0 bridgehead atoms. The third-order valence-electron chi connectivity index (χ3n) is 4.24. The van der Waals surface area contributed by atoms with Crippen LogP contribution in [0.2, 0.25) is 10.0 Å². The van der Waals surface area contributed by atoms with E-state index in [0.29, 0.717) is 33.9 Å². The first kappa shape index (κ1) is 20.2. The maximum Gasteiger partial charge on any atom is 0.246 e. The molecule has 0 fully saturated rings. The van der Waals surface area contributed by atoms with Gasteiger partial charge in [-0.05, 0) is 36.2 Å². The van der Waals surface area contributed by atoms with Gasteiger partial charge in [-0.3, -0.25) is 4.79 Å². The van der Waals surface area contributed by atoms with Gasteiger partial charge in [-0.25, -0.2) is 0 Å². The topological polar surface area (TPSA) is 68.5 Å². The van der Waals surface area contributed by atoms with Crippen molar-refractivity contribution in [3.63, 3.8) is 0 Å². The van der Waals surface area contributed by atoms with Crippen molar-refractivity contribution >= 4 is 29.1 Å². The summed E-state index contributed by atoms with van der Waals surface area (Å²) in [5.41, 5.74) is 1.54. The second kappa shape index (κ2) is 9.08. The number of ether oxygens (including phenoxy) is 1. The molecular formula is C20H19Cl2N3O3. The fraction of sp³-hybridized carbons (Fsp3) is 0.250. The first-order valence-electron chi connectivity index (χ1n) is 8.62. The van der Waals surface area contributed by atoms with E-state index in [1.807, 2.05) is 24.3 Å². The summed E-state index contributed by atoms with van der Waals surface area (Å²) in [5, 5.41) is 5.09. The minimum Gasteiger partial charge on any atom is -0.497 e. The summed E-state index contributed by atoms with van der Waals surface area (Å²) < 4.78 is 10.5. The molecule has 3 aromatic rings. The first-order chi connectivity index (χ1) is 13.5. The monoisotopic (exact) mass is 419 g/mol. The molecule has 0 unspecified atom stereocenters. The van der Waals surface area contributed by atoms with Crippen LogP contribution in [0.4, 0.5) is 0 Å². The molecule has 0 radical (unpaired) electrons. The summed E-state index contributed by atoms with van der Waals surface area (Å²) in [6.07, 6.45) is 0.734. The van der Waals surface area contributed by atoms with E-state index in [0.717, 1.165) is 11.1 Å². The number of nitrogens with zero attached hydrogens (tertiary/aromatic N) is 3. The van der Waals surface area contributed by atoms with Crippen molar-refractivity contribution in [2.24, 2.45) is 0 Å². The molecule has 6 nitrogen and oxygen atoms in total. The zero-order valence-corrected chi connectivity index (χ0v) is 17.0. The van der Waals surface area contributed by atoms with Gasteiger partial charge >= 0.3 is 0 Å². The lowest BCUT2D eigenvalue weighted by Gasteiger charge is -2.15. The van der Waals surface area contributed by atoms with Crippen LogP contribution in [-0.4, -0.2) is 35.1 Å². The number of rotatable bonds is 7. The molecule has 0 atom stereocenters. The Bertz CT molecular complexity index is 955. The molecule has 28 heavy (non-hydrogen) atoms. The first-order valence-corrected chi connectivity index (χ1v) is 9.37. The Labute approximate surface area is 173 Å². The van der Waals surface area contributed by atoms with Crippen molar-refractivity contribution in [3.8, 4) is 17.1 Å². The van der Waals surface area contributed by atoms with E-state index >= 15 is 0 Å². The van der Waals surface area contributed by atoms with Crippen LogP contribution in [0.1, 0.15) is 17.9 Å². The van der Waals surface area contributed by atoms with Crippen LogP contribution in [-0.2, 0) is 17.8 Å². The second-order valence-electron chi connectivity index (χ2n) is 6.19.